The number of nitrogens with one attached hydrogen (secondary N) is 3. The van der Waals surface area contributed by atoms with Gasteiger partial charge in [-0.1, -0.05) is 0 Å². The molecule has 4 aromatic rings. The quantitative estimate of drug-likeness (QED) is 0.369. The lowest BCUT2D eigenvalue weighted by Gasteiger charge is -2.11. The first-order valence-electron chi connectivity index (χ1n) is 9.73. The van der Waals surface area contributed by atoms with Crippen molar-refractivity contribution in [2.45, 2.75) is 20.8 Å². The van der Waals surface area contributed by atoms with Crippen LogP contribution in [0, 0.1) is 20.8 Å². The fraction of sp³-hybridized carbons (Fsp3) is 0.130. The largest absolute Gasteiger partial charge is 0.340 e. The van der Waals surface area contributed by atoms with Gasteiger partial charge in [0.15, 0.2) is 0 Å². The number of aromatic nitrogens is 3. The molecule has 0 saturated carbocycles. The van der Waals surface area contributed by atoms with Crippen LogP contribution in [0.1, 0.15) is 26.6 Å². The Labute approximate surface area is 184 Å². The number of thiophene rings is 1. The molecule has 0 aliphatic carbocycles. The van der Waals surface area contributed by atoms with Crippen molar-refractivity contribution < 1.29 is 4.79 Å². The van der Waals surface area contributed by atoms with Crippen molar-refractivity contribution in [1.29, 1.82) is 0 Å². The molecule has 1 amide bonds. The highest BCUT2D eigenvalue weighted by molar-refractivity contribution is 7.12. The van der Waals surface area contributed by atoms with E-state index in [4.69, 9.17) is 0 Å². The van der Waals surface area contributed by atoms with Crippen molar-refractivity contribution >= 4 is 46.1 Å². The minimum absolute atomic E-state index is 0.106. The van der Waals surface area contributed by atoms with Crippen molar-refractivity contribution in [3.63, 3.8) is 0 Å². The summed E-state index contributed by atoms with van der Waals surface area (Å²) in [6.45, 7) is 5.82. The summed E-state index contributed by atoms with van der Waals surface area (Å²) in [7, 11) is 0. The maximum atomic E-state index is 12.3. The van der Waals surface area contributed by atoms with Gasteiger partial charge in [0.05, 0.1) is 4.88 Å². The maximum absolute atomic E-state index is 12.3. The van der Waals surface area contributed by atoms with Crippen LogP contribution < -0.4 is 16.0 Å². The van der Waals surface area contributed by atoms with Crippen LogP contribution in [-0.2, 0) is 0 Å². The van der Waals surface area contributed by atoms with E-state index in [1.807, 2.05) is 74.7 Å². The van der Waals surface area contributed by atoms with E-state index in [1.165, 1.54) is 11.3 Å². The molecule has 7 nitrogen and oxygen atoms in total. The van der Waals surface area contributed by atoms with Gasteiger partial charge in [0.25, 0.3) is 5.91 Å². The summed E-state index contributed by atoms with van der Waals surface area (Å²) in [5.74, 6) is 2.57. The number of aryl methyl sites for hydroxylation is 3. The molecule has 31 heavy (non-hydrogen) atoms. The second-order valence-electron chi connectivity index (χ2n) is 7.17. The number of carbonyl (C=O) groups excluding carboxylic acids is 1. The number of hydrogen-bond acceptors (Lipinski definition) is 7. The van der Waals surface area contributed by atoms with Crippen LogP contribution in [-0.4, -0.2) is 20.9 Å². The molecule has 3 aromatic heterocycles. The average molecular weight is 431 g/mol. The number of rotatable bonds is 6. The van der Waals surface area contributed by atoms with Crippen LogP contribution in [0.4, 0.5) is 28.8 Å². The highest BCUT2D eigenvalue weighted by atomic mass is 32.1. The lowest BCUT2D eigenvalue weighted by atomic mass is 10.2. The Bertz CT molecular complexity index is 1220. The first-order valence-corrected chi connectivity index (χ1v) is 10.6. The number of anilines is 5. The molecule has 0 unspecified atom stereocenters. The average Bonchev–Trinajstić information content (AvgIpc) is 3.16. The molecule has 0 fully saturated rings. The first-order chi connectivity index (χ1) is 14.9. The minimum atomic E-state index is -0.106. The predicted octanol–water partition coefficient (Wildman–Crippen LogP) is 5.60. The third kappa shape index (κ3) is 5.43. The summed E-state index contributed by atoms with van der Waals surface area (Å²) in [5.41, 5.74) is 3.78. The highest BCUT2D eigenvalue weighted by Gasteiger charge is 2.09. The van der Waals surface area contributed by atoms with Gasteiger partial charge in [-0.25, -0.2) is 15.0 Å². The number of nitrogens with zero attached hydrogens (tertiary/aromatic N) is 3. The molecule has 0 radical (unpaired) electrons. The third-order valence-electron chi connectivity index (χ3n) is 4.38. The second kappa shape index (κ2) is 8.93. The van der Waals surface area contributed by atoms with Crippen LogP contribution in [0.3, 0.4) is 0 Å². The van der Waals surface area contributed by atoms with Gasteiger partial charge in [0.2, 0.25) is 0 Å². The Balaban J connectivity index is 1.44. The van der Waals surface area contributed by atoms with E-state index < -0.39 is 0 Å². The van der Waals surface area contributed by atoms with Crippen LogP contribution in [0.25, 0.3) is 0 Å². The van der Waals surface area contributed by atoms with E-state index in [1.54, 1.807) is 6.20 Å². The van der Waals surface area contributed by atoms with E-state index in [0.717, 1.165) is 28.3 Å². The number of carbonyl (C=O) groups is 1. The van der Waals surface area contributed by atoms with Crippen molar-refractivity contribution in [3.05, 3.63) is 81.9 Å². The summed E-state index contributed by atoms with van der Waals surface area (Å²) in [6.07, 6.45) is 1.75. The van der Waals surface area contributed by atoms with E-state index in [0.29, 0.717) is 22.3 Å². The Morgan fingerprint density at radius 3 is 2.19 bits per heavy atom. The van der Waals surface area contributed by atoms with Gasteiger partial charge in [-0.3, -0.25) is 4.79 Å². The Hall–Kier alpha value is -3.78. The second-order valence-corrected chi connectivity index (χ2v) is 8.09. The standard InChI is InChI=1S/C23H22N6OS/c1-14-8-9-24-20(11-14)29-22-12-21(25-16(3)26-22)27-17-4-6-18(7-5-17)28-23(30)19-10-15(2)13-31-19/h4-13H,1-3H3,(H,28,30)(H2,24,25,26,27,29). The number of pyridine rings is 1. The van der Waals surface area contributed by atoms with Crippen LogP contribution in [0.5, 0.6) is 0 Å². The minimum Gasteiger partial charge on any atom is -0.340 e. The molecular formula is C23H22N6OS. The number of amides is 1. The summed E-state index contributed by atoms with van der Waals surface area (Å²) >= 11 is 1.44. The Morgan fingerprint density at radius 1 is 0.806 bits per heavy atom. The molecule has 0 bridgehead atoms. The predicted molar refractivity (Wildman–Crippen MR) is 126 cm³/mol. The maximum Gasteiger partial charge on any atom is 0.265 e. The Morgan fingerprint density at radius 2 is 1.52 bits per heavy atom. The van der Waals surface area contributed by atoms with Crippen molar-refractivity contribution in [1.82, 2.24) is 15.0 Å². The molecule has 156 valence electrons. The monoisotopic (exact) mass is 430 g/mol. The number of hydrogen-bond donors (Lipinski definition) is 3. The van der Waals surface area contributed by atoms with Crippen LogP contribution in [0.15, 0.2) is 60.1 Å². The molecule has 0 spiro atoms. The zero-order valence-electron chi connectivity index (χ0n) is 17.4. The van der Waals surface area contributed by atoms with E-state index >= 15 is 0 Å². The molecule has 1 aromatic carbocycles. The molecule has 8 heteroatoms. The zero-order chi connectivity index (χ0) is 21.8. The third-order valence-corrected chi connectivity index (χ3v) is 5.43. The topological polar surface area (TPSA) is 91.8 Å². The Kier molecular flexibility index (Phi) is 5.90. The normalized spacial score (nSPS) is 10.5. The molecule has 0 atom stereocenters. The molecule has 0 aliphatic heterocycles. The van der Waals surface area contributed by atoms with Gasteiger partial charge in [0, 0.05) is 23.6 Å². The van der Waals surface area contributed by atoms with Crippen molar-refractivity contribution in [3.8, 4) is 0 Å². The molecule has 0 saturated heterocycles. The van der Waals surface area contributed by atoms with Gasteiger partial charge in [0.1, 0.15) is 23.3 Å². The van der Waals surface area contributed by atoms with Crippen LogP contribution >= 0.6 is 11.3 Å². The van der Waals surface area contributed by atoms with Gasteiger partial charge in [-0.2, -0.15) is 0 Å². The van der Waals surface area contributed by atoms with Crippen molar-refractivity contribution in [2.75, 3.05) is 16.0 Å². The fourth-order valence-corrected chi connectivity index (χ4v) is 3.75. The van der Waals surface area contributed by atoms with Crippen LogP contribution in [0.2, 0.25) is 0 Å². The molecule has 3 heterocycles. The lowest BCUT2D eigenvalue weighted by molar-refractivity contribution is 0.103. The highest BCUT2D eigenvalue weighted by Crippen LogP contribution is 2.22. The smallest absolute Gasteiger partial charge is 0.265 e. The SMILES string of the molecule is Cc1ccnc(Nc2cc(Nc3ccc(NC(=O)c4cc(C)cs4)cc3)nc(C)n2)c1. The first kappa shape index (κ1) is 20.5. The zero-order valence-corrected chi connectivity index (χ0v) is 18.2. The van der Waals surface area contributed by atoms with E-state index in [9.17, 15) is 4.79 Å². The van der Waals surface area contributed by atoms with Crippen molar-refractivity contribution in [2.24, 2.45) is 0 Å². The van der Waals surface area contributed by atoms with Gasteiger partial charge >= 0.3 is 0 Å². The summed E-state index contributed by atoms with van der Waals surface area (Å²) in [4.78, 5) is 26.2. The van der Waals surface area contributed by atoms with E-state index in [2.05, 4.69) is 30.9 Å². The number of benzene rings is 1. The van der Waals surface area contributed by atoms with Gasteiger partial charge < -0.3 is 16.0 Å². The van der Waals surface area contributed by atoms with E-state index in [-0.39, 0.29) is 5.91 Å². The molecule has 0 aliphatic rings. The summed E-state index contributed by atoms with van der Waals surface area (Å²) in [6, 6.07) is 15.1. The van der Waals surface area contributed by atoms with Gasteiger partial charge in [-0.15, -0.1) is 11.3 Å². The summed E-state index contributed by atoms with van der Waals surface area (Å²) in [5, 5.41) is 11.4. The molecule has 4 rings (SSSR count). The summed E-state index contributed by atoms with van der Waals surface area (Å²) < 4.78 is 0. The van der Waals surface area contributed by atoms with Gasteiger partial charge in [-0.05, 0) is 79.7 Å². The fourth-order valence-electron chi connectivity index (χ4n) is 2.96. The molecular weight excluding hydrogens is 408 g/mol. The lowest BCUT2D eigenvalue weighted by Crippen LogP contribution is -2.10. The molecule has 3 N–H and O–H groups in total.